The molecule has 1 fully saturated rings. The van der Waals surface area contributed by atoms with E-state index in [1.165, 1.54) is 12.1 Å². The van der Waals surface area contributed by atoms with Crippen molar-refractivity contribution in [2.75, 3.05) is 0 Å². The molecule has 0 saturated heterocycles. The molecule has 2 N–H and O–H groups in total. The second-order valence-corrected chi connectivity index (χ2v) is 9.54. The summed E-state index contributed by atoms with van der Waals surface area (Å²) in [5.74, 6) is -1.19. The zero-order valence-corrected chi connectivity index (χ0v) is 19.6. The van der Waals surface area contributed by atoms with Crippen LogP contribution in [0.15, 0.2) is 60.8 Å². The number of carbonyl (C=O) groups is 2. The highest BCUT2D eigenvalue weighted by Gasteiger charge is 2.29. The van der Waals surface area contributed by atoms with E-state index in [-0.39, 0.29) is 29.6 Å². The van der Waals surface area contributed by atoms with Gasteiger partial charge in [0.15, 0.2) is 0 Å². The van der Waals surface area contributed by atoms with Crippen molar-refractivity contribution >= 4 is 33.7 Å². The van der Waals surface area contributed by atoms with Crippen molar-refractivity contribution in [2.24, 2.45) is 11.8 Å². The Kier molecular flexibility index (Phi) is 6.24. The Bertz CT molecular complexity index is 1410. The first-order valence-electron chi connectivity index (χ1n) is 12.1. The van der Waals surface area contributed by atoms with Crippen molar-refractivity contribution in [3.8, 4) is 0 Å². The number of fused-ring (bicyclic) bond motifs is 2. The van der Waals surface area contributed by atoms with Crippen LogP contribution in [0.4, 0.5) is 4.39 Å². The van der Waals surface area contributed by atoms with Crippen LogP contribution in [0.25, 0.3) is 21.8 Å². The van der Waals surface area contributed by atoms with Gasteiger partial charge in [0.05, 0.1) is 34.8 Å². The van der Waals surface area contributed by atoms with E-state index >= 15 is 0 Å². The predicted molar refractivity (Wildman–Crippen MR) is 133 cm³/mol. The number of aromatic nitrogens is 2. The fourth-order valence-electron chi connectivity index (χ4n) is 5.24. The van der Waals surface area contributed by atoms with Gasteiger partial charge >= 0.3 is 5.97 Å². The Morgan fingerprint density at radius 1 is 1.09 bits per heavy atom. The monoisotopic (exact) mass is 473 g/mol. The average Bonchev–Trinajstić information content (AvgIpc) is 3.26. The van der Waals surface area contributed by atoms with Gasteiger partial charge in [-0.05, 0) is 68.9 Å². The Labute approximate surface area is 202 Å². The fraction of sp³-hybridized carbons (Fsp3) is 0.321. The minimum atomic E-state index is -0.724. The number of halogens is 1. The molecule has 0 bridgehead atoms. The summed E-state index contributed by atoms with van der Waals surface area (Å²) in [6, 6.07) is 16.0. The summed E-state index contributed by atoms with van der Waals surface area (Å²) >= 11 is 0. The van der Waals surface area contributed by atoms with Gasteiger partial charge in [0, 0.05) is 29.1 Å². The number of amides is 1. The normalized spacial score (nSPS) is 19.0. The van der Waals surface area contributed by atoms with Gasteiger partial charge in [0.25, 0.3) is 5.91 Å². The summed E-state index contributed by atoms with van der Waals surface area (Å²) in [4.78, 5) is 29.2. The largest absolute Gasteiger partial charge is 0.481 e. The minimum absolute atomic E-state index is 0.0482. The first-order valence-corrected chi connectivity index (χ1v) is 12.1. The quantitative estimate of drug-likeness (QED) is 0.393. The van der Waals surface area contributed by atoms with E-state index in [0.717, 1.165) is 34.8 Å². The number of pyridine rings is 1. The van der Waals surface area contributed by atoms with Gasteiger partial charge in [-0.3, -0.25) is 14.6 Å². The molecule has 0 radical (unpaired) electrons. The van der Waals surface area contributed by atoms with Crippen molar-refractivity contribution in [3.63, 3.8) is 0 Å². The van der Waals surface area contributed by atoms with Gasteiger partial charge in [-0.25, -0.2) is 4.39 Å². The lowest BCUT2D eigenvalue weighted by Crippen LogP contribution is -2.40. The van der Waals surface area contributed by atoms with Crippen LogP contribution in [0.1, 0.15) is 48.7 Å². The van der Waals surface area contributed by atoms with Crippen LogP contribution in [-0.4, -0.2) is 32.6 Å². The van der Waals surface area contributed by atoms with E-state index in [9.17, 15) is 19.1 Å². The van der Waals surface area contributed by atoms with Crippen molar-refractivity contribution in [2.45, 2.75) is 45.2 Å². The molecule has 6 nitrogen and oxygen atoms in total. The highest BCUT2D eigenvalue weighted by molar-refractivity contribution is 6.06. The molecule has 5 rings (SSSR count). The number of hydrogen-bond acceptors (Lipinski definition) is 3. The van der Waals surface area contributed by atoms with Crippen molar-refractivity contribution in [1.82, 2.24) is 14.9 Å². The Balaban J connectivity index is 1.36. The minimum Gasteiger partial charge on any atom is -0.481 e. The first kappa shape index (κ1) is 23.0. The number of carboxylic acids is 1. The summed E-state index contributed by atoms with van der Waals surface area (Å²) in [6.45, 7) is 2.45. The van der Waals surface area contributed by atoms with Crippen LogP contribution in [0.5, 0.6) is 0 Å². The number of benzene rings is 2. The van der Waals surface area contributed by atoms with Gasteiger partial charge in [-0.1, -0.05) is 18.2 Å². The van der Waals surface area contributed by atoms with Crippen LogP contribution < -0.4 is 5.32 Å². The van der Waals surface area contributed by atoms with Crippen LogP contribution in [0.2, 0.25) is 0 Å². The number of hydrogen-bond donors (Lipinski definition) is 2. The third-order valence-electron chi connectivity index (χ3n) is 7.26. The van der Waals surface area contributed by atoms with E-state index in [1.54, 1.807) is 6.07 Å². The fourth-order valence-corrected chi connectivity index (χ4v) is 5.24. The SMILES string of the molecule is CC(NC(=O)c1cccc2ccn(Cc3ccc4ccc(F)cc4n3)c12)C1CCC(C(=O)O)CC1. The maximum absolute atomic E-state index is 13.7. The highest BCUT2D eigenvalue weighted by atomic mass is 19.1. The molecule has 2 aromatic heterocycles. The molecule has 2 aromatic carbocycles. The number of carbonyl (C=O) groups excluding carboxylic acids is 1. The Morgan fingerprint density at radius 3 is 2.63 bits per heavy atom. The van der Waals surface area contributed by atoms with Crippen molar-refractivity contribution < 1.29 is 19.1 Å². The number of aliphatic carboxylic acids is 1. The molecule has 1 aliphatic rings. The molecule has 35 heavy (non-hydrogen) atoms. The lowest BCUT2D eigenvalue weighted by atomic mass is 9.79. The van der Waals surface area contributed by atoms with Crippen molar-refractivity contribution in [3.05, 3.63) is 77.9 Å². The third-order valence-corrected chi connectivity index (χ3v) is 7.26. The standard InChI is InChI=1S/C28H28FN3O3/c1-17(18-5-7-21(8-6-18)28(34)35)30-27(33)24-4-2-3-20-13-14-32(26(20)24)16-23-12-10-19-9-11-22(29)15-25(19)31-23/h2-4,9-15,17-18,21H,5-8,16H2,1H3,(H,30,33)(H,34,35). The van der Waals surface area contributed by atoms with Gasteiger partial charge in [-0.2, -0.15) is 0 Å². The predicted octanol–water partition coefficient (Wildman–Crippen LogP) is 5.39. The summed E-state index contributed by atoms with van der Waals surface area (Å²) in [5, 5.41) is 14.2. The molecule has 7 heteroatoms. The van der Waals surface area contributed by atoms with E-state index < -0.39 is 5.97 Å². The van der Waals surface area contributed by atoms with Gasteiger partial charge in [0.1, 0.15) is 5.82 Å². The molecular weight excluding hydrogens is 445 g/mol. The molecule has 1 atom stereocenters. The van der Waals surface area contributed by atoms with Crippen molar-refractivity contribution in [1.29, 1.82) is 0 Å². The zero-order chi connectivity index (χ0) is 24.5. The lowest BCUT2D eigenvalue weighted by molar-refractivity contribution is -0.143. The summed E-state index contributed by atoms with van der Waals surface area (Å²) < 4.78 is 15.7. The second kappa shape index (κ2) is 9.49. The smallest absolute Gasteiger partial charge is 0.306 e. The van der Waals surface area contributed by atoms with Crippen LogP contribution >= 0.6 is 0 Å². The Hall–Kier alpha value is -3.74. The number of carboxylic acid groups (broad SMARTS) is 1. The molecule has 1 saturated carbocycles. The topological polar surface area (TPSA) is 84.2 Å². The third kappa shape index (κ3) is 4.76. The lowest BCUT2D eigenvalue weighted by Gasteiger charge is -2.31. The second-order valence-electron chi connectivity index (χ2n) is 9.54. The van der Waals surface area contributed by atoms with Crippen LogP contribution in [-0.2, 0) is 11.3 Å². The molecule has 4 aromatic rings. The average molecular weight is 474 g/mol. The van der Waals surface area contributed by atoms with E-state index in [0.29, 0.717) is 30.5 Å². The molecular formula is C28H28FN3O3. The molecule has 0 aliphatic heterocycles. The van der Waals surface area contributed by atoms with E-state index in [2.05, 4.69) is 10.3 Å². The van der Waals surface area contributed by atoms with Gasteiger partial charge in [0.2, 0.25) is 0 Å². The van der Waals surface area contributed by atoms with Gasteiger partial charge < -0.3 is 15.0 Å². The van der Waals surface area contributed by atoms with Crippen LogP contribution in [0, 0.1) is 17.7 Å². The number of nitrogens with one attached hydrogen (secondary N) is 1. The van der Waals surface area contributed by atoms with E-state index in [4.69, 9.17) is 0 Å². The summed E-state index contributed by atoms with van der Waals surface area (Å²) in [7, 11) is 0. The summed E-state index contributed by atoms with van der Waals surface area (Å²) in [6.07, 6.45) is 4.85. The molecule has 1 unspecified atom stereocenters. The zero-order valence-electron chi connectivity index (χ0n) is 19.6. The maximum atomic E-state index is 13.7. The van der Waals surface area contributed by atoms with E-state index in [1.807, 2.05) is 54.1 Å². The first-order chi connectivity index (χ1) is 16.9. The summed E-state index contributed by atoms with van der Waals surface area (Å²) in [5.41, 5.74) is 2.79. The molecule has 1 aliphatic carbocycles. The maximum Gasteiger partial charge on any atom is 0.306 e. The highest BCUT2D eigenvalue weighted by Crippen LogP contribution is 2.31. The molecule has 1 amide bonds. The molecule has 180 valence electrons. The molecule has 0 spiro atoms. The number of rotatable bonds is 6. The van der Waals surface area contributed by atoms with Gasteiger partial charge in [-0.15, -0.1) is 0 Å². The number of nitrogens with zero attached hydrogens (tertiary/aromatic N) is 2. The number of para-hydroxylation sites is 1. The molecule has 2 heterocycles. The van der Waals surface area contributed by atoms with Crippen LogP contribution in [0.3, 0.4) is 0 Å². The Morgan fingerprint density at radius 2 is 1.86 bits per heavy atom.